The molecule has 0 saturated carbocycles. The minimum Gasteiger partial charge on any atom is -0.497 e. The largest absolute Gasteiger partial charge is 0.497 e. The standard InChI is InChI=1S/C21H27N5O3S/c1-15-13-18(24(2)23-15)20(27)26(8-4-7-25-9-11-29-12-10-25)21-22-17-6-5-16(28-3)14-19(17)30-21/h5-6,13-14H,4,7-12H2,1-3H3. The van der Waals surface area contributed by atoms with E-state index >= 15 is 0 Å². The van der Waals surface area contributed by atoms with E-state index in [-0.39, 0.29) is 5.91 Å². The first kappa shape index (κ1) is 20.8. The predicted molar refractivity (Wildman–Crippen MR) is 118 cm³/mol. The number of benzene rings is 1. The number of nitrogens with zero attached hydrogens (tertiary/aromatic N) is 5. The Balaban J connectivity index is 1.59. The Morgan fingerprint density at radius 1 is 1.30 bits per heavy atom. The third kappa shape index (κ3) is 4.48. The first-order valence-corrected chi connectivity index (χ1v) is 10.9. The highest BCUT2D eigenvalue weighted by molar-refractivity contribution is 7.22. The van der Waals surface area contributed by atoms with Crippen molar-refractivity contribution in [1.29, 1.82) is 0 Å². The molecule has 4 rings (SSSR count). The van der Waals surface area contributed by atoms with Crippen LogP contribution in [0.4, 0.5) is 5.13 Å². The molecule has 1 amide bonds. The molecule has 3 heterocycles. The maximum Gasteiger partial charge on any atom is 0.278 e. The number of amides is 1. The normalized spacial score (nSPS) is 14.9. The molecule has 8 nitrogen and oxygen atoms in total. The second-order valence-corrected chi connectivity index (χ2v) is 8.40. The van der Waals surface area contributed by atoms with Gasteiger partial charge in [0.05, 0.1) is 36.2 Å². The molecule has 0 bridgehead atoms. The smallest absolute Gasteiger partial charge is 0.278 e. The summed E-state index contributed by atoms with van der Waals surface area (Å²) in [4.78, 5) is 22.3. The molecule has 0 radical (unpaired) electrons. The summed E-state index contributed by atoms with van der Waals surface area (Å²) in [5.41, 5.74) is 2.25. The minimum atomic E-state index is -0.0777. The van der Waals surface area contributed by atoms with Crippen molar-refractivity contribution in [2.45, 2.75) is 13.3 Å². The van der Waals surface area contributed by atoms with E-state index in [1.54, 1.807) is 23.7 Å². The quantitative estimate of drug-likeness (QED) is 0.575. The van der Waals surface area contributed by atoms with E-state index in [2.05, 4.69) is 10.00 Å². The van der Waals surface area contributed by atoms with Crippen LogP contribution in [-0.2, 0) is 11.8 Å². The van der Waals surface area contributed by atoms with Gasteiger partial charge in [-0.15, -0.1) is 0 Å². The lowest BCUT2D eigenvalue weighted by atomic mass is 10.3. The fourth-order valence-electron chi connectivity index (χ4n) is 3.65. The van der Waals surface area contributed by atoms with Crippen LogP contribution in [0, 0.1) is 6.92 Å². The highest BCUT2D eigenvalue weighted by Crippen LogP contribution is 2.32. The minimum absolute atomic E-state index is 0.0777. The van der Waals surface area contributed by atoms with Crippen molar-refractivity contribution in [1.82, 2.24) is 19.7 Å². The van der Waals surface area contributed by atoms with Crippen LogP contribution in [-0.4, -0.2) is 72.1 Å². The number of aromatic nitrogens is 3. The molecule has 3 aromatic rings. The number of fused-ring (bicyclic) bond motifs is 1. The number of morpholine rings is 1. The van der Waals surface area contributed by atoms with Crippen molar-refractivity contribution < 1.29 is 14.3 Å². The fourth-order valence-corrected chi connectivity index (χ4v) is 4.66. The Kier molecular flexibility index (Phi) is 6.31. The number of hydrogen-bond acceptors (Lipinski definition) is 7. The van der Waals surface area contributed by atoms with Gasteiger partial charge in [0.25, 0.3) is 5.91 Å². The highest BCUT2D eigenvalue weighted by Gasteiger charge is 2.24. The molecule has 1 aliphatic rings. The van der Waals surface area contributed by atoms with E-state index in [4.69, 9.17) is 14.5 Å². The van der Waals surface area contributed by atoms with E-state index < -0.39 is 0 Å². The number of aryl methyl sites for hydroxylation is 2. The summed E-state index contributed by atoms with van der Waals surface area (Å²) in [6.45, 7) is 6.84. The van der Waals surface area contributed by atoms with Crippen molar-refractivity contribution in [2.75, 3.05) is 51.4 Å². The second-order valence-electron chi connectivity index (χ2n) is 7.39. The van der Waals surface area contributed by atoms with Crippen LogP contribution in [0.2, 0.25) is 0 Å². The van der Waals surface area contributed by atoms with Crippen LogP contribution >= 0.6 is 11.3 Å². The first-order chi connectivity index (χ1) is 14.5. The molecule has 1 saturated heterocycles. The van der Waals surface area contributed by atoms with Crippen LogP contribution in [0.3, 0.4) is 0 Å². The number of carbonyl (C=O) groups excluding carboxylic acids is 1. The van der Waals surface area contributed by atoms with Crippen LogP contribution in [0.1, 0.15) is 22.6 Å². The van der Waals surface area contributed by atoms with Crippen molar-refractivity contribution in [2.24, 2.45) is 7.05 Å². The van der Waals surface area contributed by atoms with Gasteiger partial charge in [0.2, 0.25) is 0 Å². The number of anilines is 1. The zero-order valence-corrected chi connectivity index (χ0v) is 18.4. The Bertz CT molecular complexity index is 1020. The number of methoxy groups -OCH3 is 1. The highest BCUT2D eigenvalue weighted by atomic mass is 32.1. The van der Waals surface area contributed by atoms with Crippen molar-refractivity contribution in [3.63, 3.8) is 0 Å². The van der Waals surface area contributed by atoms with Gasteiger partial charge >= 0.3 is 0 Å². The van der Waals surface area contributed by atoms with E-state index in [1.807, 2.05) is 31.2 Å². The Hall–Kier alpha value is -2.49. The van der Waals surface area contributed by atoms with Gasteiger partial charge in [0.1, 0.15) is 11.4 Å². The predicted octanol–water partition coefficient (Wildman–Crippen LogP) is 2.72. The van der Waals surface area contributed by atoms with Gasteiger partial charge in [-0.2, -0.15) is 5.10 Å². The summed E-state index contributed by atoms with van der Waals surface area (Å²) in [6, 6.07) is 7.61. The summed E-state index contributed by atoms with van der Waals surface area (Å²) >= 11 is 1.51. The van der Waals surface area contributed by atoms with Gasteiger partial charge in [-0.1, -0.05) is 11.3 Å². The monoisotopic (exact) mass is 429 g/mol. The maximum absolute atomic E-state index is 13.4. The molecule has 9 heteroatoms. The topological polar surface area (TPSA) is 72.7 Å². The summed E-state index contributed by atoms with van der Waals surface area (Å²) in [5.74, 6) is 0.705. The third-order valence-electron chi connectivity index (χ3n) is 5.24. The molecule has 2 aromatic heterocycles. The fraction of sp³-hybridized carbons (Fsp3) is 0.476. The molecule has 30 heavy (non-hydrogen) atoms. The lowest BCUT2D eigenvalue weighted by Gasteiger charge is -2.27. The van der Waals surface area contributed by atoms with Gasteiger partial charge in [-0.05, 0) is 37.6 Å². The molecule has 0 spiro atoms. The molecule has 0 unspecified atom stereocenters. The Labute approximate surface area is 180 Å². The van der Waals surface area contributed by atoms with E-state index in [1.165, 1.54) is 11.3 Å². The van der Waals surface area contributed by atoms with Gasteiger partial charge in [0.15, 0.2) is 5.13 Å². The van der Waals surface area contributed by atoms with Gasteiger partial charge in [0, 0.05) is 33.2 Å². The zero-order valence-electron chi connectivity index (χ0n) is 17.6. The number of thiazole rings is 1. The molecule has 1 aromatic carbocycles. The van der Waals surface area contributed by atoms with Gasteiger partial charge in [-0.25, -0.2) is 4.98 Å². The summed E-state index contributed by atoms with van der Waals surface area (Å²) in [6.07, 6.45) is 0.863. The molecule has 0 atom stereocenters. The Morgan fingerprint density at radius 3 is 2.80 bits per heavy atom. The number of ether oxygens (including phenoxy) is 2. The van der Waals surface area contributed by atoms with Crippen molar-refractivity contribution in [3.8, 4) is 5.75 Å². The van der Waals surface area contributed by atoms with E-state index in [9.17, 15) is 4.79 Å². The zero-order chi connectivity index (χ0) is 21.1. The number of rotatable bonds is 7. The van der Waals surface area contributed by atoms with Crippen molar-refractivity contribution in [3.05, 3.63) is 35.7 Å². The molecule has 0 aliphatic carbocycles. The van der Waals surface area contributed by atoms with Gasteiger partial charge in [-0.3, -0.25) is 19.3 Å². The molecular formula is C21H27N5O3S. The molecule has 1 aliphatic heterocycles. The lowest BCUT2D eigenvalue weighted by molar-refractivity contribution is 0.0376. The van der Waals surface area contributed by atoms with Crippen LogP contribution in [0.15, 0.2) is 24.3 Å². The lowest BCUT2D eigenvalue weighted by Crippen LogP contribution is -2.39. The average molecular weight is 430 g/mol. The molecule has 1 fully saturated rings. The van der Waals surface area contributed by atoms with Gasteiger partial charge < -0.3 is 9.47 Å². The average Bonchev–Trinajstić information content (AvgIpc) is 3.33. The van der Waals surface area contributed by atoms with Crippen LogP contribution in [0.5, 0.6) is 5.75 Å². The summed E-state index contributed by atoms with van der Waals surface area (Å²) in [7, 11) is 3.45. The molecule has 0 N–H and O–H groups in total. The van der Waals surface area contributed by atoms with E-state index in [0.29, 0.717) is 17.4 Å². The maximum atomic E-state index is 13.4. The summed E-state index contributed by atoms with van der Waals surface area (Å²) < 4.78 is 13.4. The Morgan fingerprint density at radius 2 is 2.10 bits per heavy atom. The van der Waals surface area contributed by atoms with Crippen LogP contribution in [0.25, 0.3) is 10.2 Å². The van der Waals surface area contributed by atoms with E-state index in [0.717, 1.165) is 60.9 Å². The summed E-state index contributed by atoms with van der Waals surface area (Å²) in [5, 5.41) is 5.04. The number of hydrogen-bond donors (Lipinski definition) is 0. The first-order valence-electron chi connectivity index (χ1n) is 10.1. The third-order valence-corrected chi connectivity index (χ3v) is 6.28. The molecule has 160 valence electrons. The van der Waals surface area contributed by atoms with Crippen LogP contribution < -0.4 is 9.64 Å². The second kappa shape index (κ2) is 9.11. The van der Waals surface area contributed by atoms with Crippen molar-refractivity contribution >= 4 is 32.6 Å². The SMILES string of the molecule is COc1ccc2nc(N(CCCN3CCOCC3)C(=O)c3cc(C)nn3C)sc2c1. The number of carbonyl (C=O) groups is 1. The molecular weight excluding hydrogens is 402 g/mol.